The zero-order valence-electron chi connectivity index (χ0n) is 11.8. The lowest BCUT2D eigenvalue weighted by Crippen LogP contribution is -2.35. The molecule has 8 heteroatoms. The van der Waals surface area contributed by atoms with E-state index in [1.807, 2.05) is 0 Å². The van der Waals surface area contributed by atoms with Gasteiger partial charge in [0.25, 0.3) is 0 Å². The van der Waals surface area contributed by atoms with Gasteiger partial charge in [0, 0.05) is 13.2 Å². The van der Waals surface area contributed by atoms with Crippen molar-refractivity contribution in [2.24, 2.45) is 5.41 Å². The van der Waals surface area contributed by atoms with Gasteiger partial charge in [-0.1, -0.05) is 13.8 Å². The Balaban J connectivity index is 3.03. The average molecular weight is 319 g/mol. The molecule has 6 nitrogen and oxygen atoms in total. The average Bonchev–Trinajstić information content (AvgIpc) is 2.36. The van der Waals surface area contributed by atoms with Crippen LogP contribution in [0.15, 0.2) is 23.1 Å². The van der Waals surface area contributed by atoms with Crippen molar-refractivity contribution < 1.29 is 27.8 Å². The van der Waals surface area contributed by atoms with Crippen molar-refractivity contribution in [1.82, 2.24) is 4.72 Å². The van der Waals surface area contributed by atoms with E-state index in [4.69, 9.17) is 10.2 Å². The van der Waals surface area contributed by atoms with Crippen LogP contribution in [-0.4, -0.2) is 37.8 Å². The molecule has 3 N–H and O–H groups in total. The van der Waals surface area contributed by atoms with Gasteiger partial charge in [0.05, 0.1) is 5.56 Å². The number of aliphatic hydroxyl groups excluding tert-OH is 1. The van der Waals surface area contributed by atoms with Gasteiger partial charge in [-0.25, -0.2) is 22.3 Å². The monoisotopic (exact) mass is 319 g/mol. The second kappa shape index (κ2) is 6.50. The molecule has 1 aromatic carbocycles. The fourth-order valence-corrected chi connectivity index (χ4v) is 2.94. The predicted octanol–water partition coefficient (Wildman–Crippen LogP) is 1.21. The second-order valence-electron chi connectivity index (χ2n) is 5.41. The van der Waals surface area contributed by atoms with Crippen LogP contribution in [0.4, 0.5) is 4.39 Å². The number of carboxylic acid groups (broad SMARTS) is 1. The molecule has 0 spiro atoms. The van der Waals surface area contributed by atoms with Gasteiger partial charge in [-0.3, -0.25) is 0 Å². The number of sulfonamides is 1. The molecular formula is C13H18FNO5S. The molecule has 0 radical (unpaired) electrons. The molecule has 0 heterocycles. The maximum atomic E-state index is 13.6. The molecule has 0 saturated heterocycles. The molecule has 0 aliphatic heterocycles. The molecule has 0 aliphatic carbocycles. The smallest absolute Gasteiger partial charge is 0.335 e. The van der Waals surface area contributed by atoms with Gasteiger partial charge >= 0.3 is 5.97 Å². The number of nitrogens with one attached hydrogen (secondary N) is 1. The minimum absolute atomic E-state index is 0.00731. The number of aromatic carboxylic acids is 1. The van der Waals surface area contributed by atoms with Crippen LogP contribution in [0.1, 0.15) is 30.6 Å². The summed E-state index contributed by atoms with van der Waals surface area (Å²) in [5, 5.41) is 17.7. The third-order valence-electron chi connectivity index (χ3n) is 3.00. The highest BCUT2D eigenvalue weighted by Gasteiger charge is 2.25. The van der Waals surface area contributed by atoms with E-state index >= 15 is 0 Å². The van der Waals surface area contributed by atoms with Crippen LogP contribution in [0.3, 0.4) is 0 Å². The van der Waals surface area contributed by atoms with Crippen LogP contribution >= 0.6 is 0 Å². The number of halogens is 1. The van der Waals surface area contributed by atoms with Gasteiger partial charge in [-0.15, -0.1) is 0 Å². The highest BCUT2D eigenvalue weighted by atomic mass is 32.2. The van der Waals surface area contributed by atoms with Gasteiger partial charge in [0.2, 0.25) is 10.0 Å². The van der Waals surface area contributed by atoms with E-state index in [0.29, 0.717) is 6.42 Å². The summed E-state index contributed by atoms with van der Waals surface area (Å²) in [5.41, 5.74) is -0.825. The number of carboxylic acids is 1. The quantitative estimate of drug-likeness (QED) is 0.701. The summed E-state index contributed by atoms with van der Waals surface area (Å²) in [6.45, 7) is 3.38. The number of benzene rings is 1. The first kappa shape index (κ1) is 17.5. The fraction of sp³-hybridized carbons (Fsp3) is 0.462. The largest absolute Gasteiger partial charge is 0.478 e. The Morgan fingerprint density at radius 3 is 2.52 bits per heavy atom. The first-order valence-corrected chi connectivity index (χ1v) is 7.71. The van der Waals surface area contributed by atoms with Crippen LogP contribution in [0.25, 0.3) is 0 Å². The molecular weight excluding hydrogens is 301 g/mol. The van der Waals surface area contributed by atoms with Crippen molar-refractivity contribution in [1.29, 1.82) is 0 Å². The zero-order chi connectivity index (χ0) is 16.3. The summed E-state index contributed by atoms with van der Waals surface area (Å²) in [6.07, 6.45) is 0.368. The highest BCUT2D eigenvalue weighted by molar-refractivity contribution is 7.89. The molecule has 0 aliphatic rings. The van der Waals surface area contributed by atoms with E-state index in [1.54, 1.807) is 13.8 Å². The van der Waals surface area contributed by atoms with Gasteiger partial charge in [0.15, 0.2) is 0 Å². The first-order valence-electron chi connectivity index (χ1n) is 6.22. The number of carbonyl (C=O) groups is 1. The summed E-state index contributed by atoms with van der Waals surface area (Å²) >= 11 is 0. The maximum Gasteiger partial charge on any atom is 0.335 e. The number of hydrogen-bond acceptors (Lipinski definition) is 4. The van der Waals surface area contributed by atoms with Crippen LogP contribution in [0.5, 0.6) is 0 Å². The van der Waals surface area contributed by atoms with Crippen molar-refractivity contribution in [3.8, 4) is 0 Å². The molecule has 0 aromatic heterocycles. The van der Waals surface area contributed by atoms with Crippen molar-refractivity contribution in [2.75, 3.05) is 13.2 Å². The SMILES string of the molecule is CC(C)(CCO)CNS(=O)(=O)c1cc(C(=O)O)ccc1F. The topological polar surface area (TPSA) is 104 Å². The lowest BCUT2D eigenvalue weighted by molar-refractivity contribution is 0.0696. The van der Waals surface area contributed by atoms with Crippen LogP contribution in [0.2, 0.25) is 0 Å². The third kappa shape index (κ3) is 4.76. The van der Waals surface area contributed by atoms with Crippen molar-refractivity contribution in [2.45, 2.75) is 25.2 Å². The van der Waals surface area contributed by atoms with E-state index in [-0.39, 0.29) is 18.7 Å². The Kier molecular flexibility index (Phi) is 5.43. The molecule has 0 bridgehead atoms. The van der Waals surface area contributed by atoms with Gasteiger partial charge < -0.3 is 10.2 Å². The molecule has 0 atom stereocenters. The van der Waals surface area contributed by atoms with Gasteiger partial charge in [-0.2, -0.15) is 0 Å². The molecule has 21 heavy (non-hydrogen) atoms. The van der Waals surface area contributed by atoms with Crippen LogP contribution < -0.4 is 4.72 Å². The molecule has 0 saturated carbocycles. The Hall–Kier alpha value is -1.51. The Morgan fingerprint density at radius 2 is 2.00 bits per heavy atom. The lowest BCUT2D eigenvalue weighted by Gasteiger charge is -2.23. The van der Waals surface area contributed by atoms with E-state index in [9.17, 15) is 17.6 Å². The molecule has 0 unspecified atom stereocenters. The Morgan fingerprint density at radius 1 is 1.38 bits per heavy atom. The summed E-state index contributed by atoms with van der Waals surface area (Å²) in [7, 11) is -4.17. The number of aliphatic hydroxyl groups is 1. The maximum absolute atomic E-state index is 13.6. The Labute approximate surface area is 122 Å². The lowest BCUT2D eigenvalue weighted by atomic mass is 9.90. The molecule has 0 fully saturated rings. The second-order valence-corrected chi connectivity index (χ2v) is 7.15. The fourth-order valence-electron chi connectivity index (χ4n) is 1.60. The van der Waals surface area contributed by atoms with Crippen LogP contribution in [-0.2, 0) is 10.0 Å². The molecule has 1 rings (SSSR count). The van der Waals surface area contributed by atoms with E-state index in [1.165, 1.54) is 0 Å². The third-order valence-corrected chi connectivity index (χ3v) is 4.41. The zero-order valence-corrected chi connectivity index (χ0v) is 12.6. The summed E-state index contributed by atoms with van der Waals surface area (Å²) in [5.74, 6) is -2.36. The van der Waals surface area contributed by atoms with Gasteiger partial charge in [0.1, 0.15) is 10.7 Å². The first-order chi connectivity index (χ1) is 9.59. The van der Waals surface area contributed by atoms with E-state index in [2.05, 4.69) is 4.72 Å². The van der Waals surface area contributed by atoms with Crippen molar-refractivity contribution >= 4 is 16.0 Å². The molecule has 118 valence electrons. The highest BCUT2D eigenvalue weighted by Crippen LogP contribution is 2.21. The predicted molar refractivity (Wildman–Crippen MR) is 74.0 cm³/mol. The number of rotatable bonds is 7. The minimum atomic E-state index is -4.17. The Bertz CT molecular complexity index is 627. The van der Waals surface area contributed by atoms with Gasteiger partial charge in [-0.05, 0) is 30.0 Å². The standard InChI is InChI=1S/C13H18FNO5S/c1-13(2,5-6-16)8-15-21(19,20)11-7-9(12(17)18)3-4-10(11)14/h3-4,7,15-16H,5-6,8H2,1-2H3,(H,17,18). The summed E-state index contributed by atoms with van der Waals surface area (Å²) < 4.78 is 40.0. The van der Waals surface area contributed by atoms with E-state index in [0.717, 1.165) is 18.2 Å². The minimum Gasteiger partial charge on any atom is -0.478 e. The summed E-state index contributed by atoms with van der Waals surface area (Å²) in [4.78, 5) is 10.1. The van der Waals surface area contributed by atoms with Crippen LogP contribution in [0, 0.1) is 11.2 Å². The van der Waals surface area contributed by atoms with Crippen molar-refractivity contribution in [3.05, 3.63) is 29.6 Å². The molecule has 0 amide bonds. The van der Waals surface area contributed by atoms with E-state index < -0.39 is 32.1 Å². The summed E-state index contributed by atoms with van der Waals surface area (Å²) in [6, 6.07) is 2.57. The van der Waals surface area contributed by atoms with Crippen molar-refractivity contribution in [3.63, 3.8) is 0 Å². The molecule has 1 aromatic rings. The normalized spacial score (nSPS) is 12.4. The number of hydrogen-bond donors (Lipinski definition) is 3.